The Labute approximate surface area is 169 Å². The van der Waals surface area contributed by atoms with E-state index >= 15 is 0 Å². The summed E-state index contributed by atoms with van der Waals surface area (Å²) >= 11 is 0. The number of para-hydroxylation sites is 1. The molecule has 7 nitrogen and oxygen atoms in total. The summed E-state index contributed by atoms with van der Waals surface area (Å²) in [7, 11) is 3.79. The number of fused-ring (bicyclic) bond motifs is 1. The van der Waals surface area contributed by atoms with Crippen LogP contribution in [0.1, 0.15) is 29.3 Å². The molecule has 0 radical (unpaired) electrons. The smallest absolute Gasteiger partial charge is 0.326 e. The Balaban J connectivity index is 1.88. The molecule has 7 heteroatoms. The molecule has 0 saturated heterocycles. The Morgan fingerprint density at radius 3 is 2.38 bits per heavy atom. The summed E-state index contributed by atoms with van der Waals surface area (Å²) in [5.41, 5.74) is 0.0260. The first-order chi connectivity index (χ1) is 13.8. The van der Waals surface area contributed by atoms with Crippen LogP contribution in [0.2, 0.25) is 0 Å². The minimum absolute atomic E-state index is 0.189. The Bertz CT molecular complexity index is 938. The van der Waals surface area contributed by atoms with Gasteiger partial charge in [0.15, 0.2) is 11.4 Å². The summed E-state index contributed by atoms with van der Waals surface area (Å²) in [4.78, 5) is 40.9. The van der Waals surface area contributed by atoms with Crippen LogP contribution in [0.25, 0.3) is 0 Å². The van der Waals surface area contributed by atoms with E-state index in [1.807, 2.05) is 19.0 Å². The third-order valence-electron chi connectivity index (χ3n) is 4.95. The molecular weight excluding hydrogens is 372 g/mol. The number of benzene rings is 2. The van der Waals surface area contributed by atoms with Crippen molar-refractivity contribution in [1.82, 2.24) is 0 Å². The van der Waals surface area contributed by atoms with E-state index in [0.29, 0.717) is 16.8 Å². The summed E-state index contributed by atoms with van der Waals surface area (Å²) in [6.07, 6.45) is -0.413. The number of anilines is 2. The topological polar surface area (TPSA) is 87.1 Å². The van der Waals surface area contributed by atoms with Gasteiger partial charge in [0.2, 0.25) is 0 Å². The number of nitrogens with zero attached hydrogens (tertiary/aromatic N) is 2. The molecule has 29 heavy (non-hydrogen) atoms. The number of aliphatic hydroxyl groups is 1. The Morgan fingerprint density at radius 2 is 1.76 bits per heavy atom. The van der Waals surface area contributed by atoms with Crippen molar-refractivity contribution in [1.29, 1.82) is 0 Å². The number of esters is 1. The molecule has 3 rings (SSSR count). The molecule has 0 aromatic heterocycles. The van der Waals surface area contributed by atoms with E-state index in [2.05, 4.69) is 0 Å². The number of carbonyl (C=O) groups excluding carboxylic acids is 3. The molecule has 1 aliphatic heterocycles. The molecule has 0 spiro atoms. The van der Waals surface area contributed by atoms with Gasteiger partial charge in [-0.2, -0.15) is 0 Å². The van der Waals surface area contributed by atoms with Crippen molar-refractivity contribution in [2.45, 2.75) is 18.9 Å². The van der Waals surface area contributed by atoms with Crippen LogP contribution in [-0.4, -0.2) is 50.0 Å². The van der Waals surface area contributed by atoms with E-state index < -0.39 is 23.9 Å². The minimum Gasteiger partial charge on any atom is -0.465 e. The van der Waals surface area contributed by atoms with E-state index in [0.717, 1.165) is 5.69 Å². The maximum Gasteiger partial charge on any atom is 0.326 e. The average Bonchev–Trinajstić information content (AvgIpc) is 2.90. The fourth-order valence-corrected chi connectivity index (χ4v) is 3.45. The maximum absolute atomic E-state index is 13.0. The molecule has 1 aliphatic rings. The van der Waals surface area contributed by atoms with Crippen molar-refractivity contribution in [3.63, 3.8) is 0 Å². The van der Waals surface area contributed by atoms with Crippen LogP contribution in [0.4, 0.5) is 11.4 Å². The lowest BCUT2D eigenvalue weighted by Crippen LogP contribution is -2.44. The zero-order valence-corrected chi connectivity index (χ0v) is 16.7. The van der Waals surface area contributed by atoms with Crippen LogP contribution in [0.5, 0.6) is 0 Å². The second kappa shape index (κ2) is 8.05. The van der Waals surface area contributed by atoms with Crippen LogP contribution >= 0.6 is 0 Å². The first-order valence-corrected chi connectivity index (χ1v) is 9.38. The number of amides is 1. The predicted molar refractivity (Wildman–Crippen MR) is 109 cm³/mol. The van der Waals surface area contributed by atoms with Gasteiger partial charge in [-0.15, -0.1) is 0 Å². The van der Waals surface area contributed by atoms with Crippen LogP contribution < -0.4 is 9.80 Å². The summed E-state index contributed by atoms with van der Waals surface area (Å²) in [5.74, 6) is -1.64. The van der Waals surface area contributed by atoms with Gasteiger partial charge in [0.25, 0.3) is 5.91 Å². The molecule has 1 amide bonds. The van der Waals surface area contributed by atoms with Gasteiger partial charge < -0.3 is 14.7 Å². The van der Waals surface area contributed by atoms with Crippen molar-refractivity contribution in [2.24, 2.45) is 0 Å². The fourth-order valence-electron chi connectivity index (χ4n) is 3.45. The van der Waals surface area contributed by atoms with Crippen molar-refractivity contribution in [3.05, 3.63) is 59.7 Å². The molecule has 0 aliphatic carbocycles. The Morgan fingerprint density at radius 1 is 1.10 bits per heavy atom. The van der Waals surface area contributed by atoms with Gasteiger partial charge in [-0.05, 0) is 37.3 Å². The maximum atomic E-state index is 13.0. The molecule has 2 aromatic carbocycles. The summed E-state index contributed by atoms with van der Waals surface area (Å²) in [6, 6.07) is 13.6. The van der Waals surface area contributed by atoms with Crippen molar-refractivity contribution >= 4 is 29.0 Å². The number of ketones is 1. The van der Waals surface area contributed by atoms with Crippen molar-refractivity contribution < 1.29 is 24.2 Å². The van der Waals surface area contributed by atoms with Gasteiger partial charge in [0.1, 0.15) is 6.54 Å². The summed E-state index contributed by atoms with van der Waals surface area (Å²) in [5, 5.41) is 11.2. The molecule has 0 unspecified atom stereocenters. The van der Waals surface area contributed by atoms with Crippen LogP contribution in [0.3, 0.4) is 0 Å². The van der Waals surface area contributed by atoms with Gasteiger partial charge in [0.05, 0.1) is 18.7 Å². The standard InChI is InChI=1S/C22H24N2O5/c1-4-29-20(26)14-24-18-8-6-5-7-17(18)22(28,21(24)27)13-19(25)15-9-11-16(12-10-15)23(2)3/h5-12,28H,4,13-14H2,1-3H3/t22-/m1/s1. The number of ether oxygens (including phenoxy) is 1. The summed E-state index contributed by atoms with van der Waals surface area (Å²) < 4.78 is 4.93. The zero-order valence-electron chi connectivity index (χ0n) is 16.7. The fraction of sp³-hybridized carbons (Fsp3) is 0.318. The predicted octanol–water partition coefficient (Wildman–Crippen LogP) is 2.12. The van der Waals surface area contributed by atoms with E-state index in [-0.39, 0.29) is 18.9 Å². The number of hydrogen-bond donors (Lipinski definition) is 1. The molecular formula is C22H24N2O5. The molecule has 0 bridgehead atoms. The monoisotopic (exact) mass is 396 g/mol. The largest absolute Gasteiger partial charge is 0.465 e. The Kier molecular flexibility index (Phi) is 5.70. The molecule has 1 heterocycles. The van der Waals surface area contributed by atoms with Gasteiger partial charge in [-0.25, -0.2) is 0 Å². The molecule has 2 aromatic rings. The van der Waals surface area contributed by atoms with Gasteiger partial charge in [0, 0.05) is 30.9 Å². The van der Waals surface area contributed by atoms with E-state index in [1.165, 1.54) is 4.90 Å². The quantitative estimate of drug-likeness (QED) is 0.570. The normalized spacial score (nSPS) is 17.8. The zero-order chi connectivity index (χ0) is 21.2. The third-order valence-corrected chi connectivity index (χ3v) is 4.95. The first kappa shape index (κ1) is 20.5. The van der Waals surface area contributed by atoms with Crippen molar-refractivity contribution in [2.75, 3.05) is 37.0 Å². The number of carbonyl (C=O) groups is 3. The third kappa shape index (κ3) is 3.86. The molecule has 0 fully saturated rings. The molecule has 1 N–H and O–H groups in total. The SMILES string of the molecule is CCOC(=O)CN1C(=O)[C@@](O)(CC(=O)c2ccc(N(C)C)cc2)c2ccccc21. The van der Waals surface area contributed by atoms with Crippen LogP contribution in [0.15, 0.2) is 48.5 Å². The second-order valence-electron chi connectivity index (χ2n) is 7.11. The second-order valence-corrected chi connectivity index (χ2v) is 7.11. The lowest BCUT2D eigenvalue weighted by Gasteiger charge is -2.22. The Hall–Kier alpha value is -3.19. The highest BCUT2D eigenvalue weighted by Gasteiger charge is 2.51. The van der Waals surface area contributed by atoms with Gasteiger partial charge in [-0.3, -0.25) is 19.3 Å². The summed E-state index contributed by atoms with van der Waals surface area (Å²) in [6.45, 7) is 1.54. The van der Waals surface area contributed by atoms with Gasteiger partial charge >= 0.3 is 5.97 Å². The minimum atomic E-state index is -2.03. The molecule has 1 atom stereocenters. The number of Topliss-reactive ketones (excluding diaryl/α,β-unsaturated/α-hetero) is 1. The van der Waals surface area contributed by atoms with Crippen LogP contribution in [0, 0.1) is 0 Å². The number of hydrogen-bond acceptors (Lipinski definition) is 6. The number of rotatable bonds is 7. The highest BCUT2D eigenvalue weighted by Crippen LogP contribution is 2.42. The van der Waals surface area contributed by atoms with E-state index in [1.54, 1.807) is 55.5 Å². The van der Waals surface area contributed by atoms with Crippen LogP contribution in [-0.2, 0) is 19.9 Å². The van der Waals surface area contributed by atoms with E-state index in [9.17, 15) is 19.5 Å². The lowest BCUT2D eigenvalue weighted by atomic mass is 9.88. The average molecular weight is 396 g/mol. The van der Waals surface area contributed by atoms with Gasteiger partial charge in [-0.1, -0.05) is 18.2 Å². The first-order valence-electron chi connectivity index (χ1n) is 9.38. The molecule has 152 valence electrons. The lowest BCUT2D eigenvalue weighted by molar-refractivity contribution is -0.144. The highest BCUT2D eigenvalue weighted by atomic mass is 16.5. The highest BCUT2D eigenvalue weighted by molar-refractivity contribution is 6.12. The molecule has 0 saturated carbocycles. The van der Waals surface area contributed by atoms with E-state index in [4.69, 9.17) is 4.74 Å². The van der Waals surface area contributed by atoms with Crippen molar-refractivity contribution in [3.8, 4) is 0 Å².